The van der Waals surface area contributed by atoms with Gasteiger partial charge in [-0.1, -0.05) is 23.9 Å². The monoisotopic (exact) mass is 373 g/mol. The number of hydrogen-bond donors (Lipinski definition) is 1. The number of para-hydroxylation sites is 2. The summed E-state index contributed by atoms with van der Waals surface area (Å²) in [6.45, 7) is 0.270. The maximum atomic E-state index is 12.8. The summed E-state index contributed by atoms with van der Waals surface area (Å²) in [4.78, 5) is 26.2. The van der Waals surface area contributed by atoms with Gasteiger partial charge in [-0.05, 0) is 25.0 Å². The van der Waals surface area contributed by atoms with E-state index >= 15 is 0 Å². The third-order valence-corrected chi connectivity index (χ3v) is 4.97. The third-order valence-electron chi connectivity index (χ3n) is 4.03. The van der Waals surface area contributed by atoms with Crippen LogP contribution in [0, 0.1) is 11.3 Å². The van der Waals surface area contributed by atoms with Gasteiger partial charge in [-0.3, -0.25) is 9.36 Å². The number of carbonyl (C=O) groups excluding carboxylic acids is 1. The highest BCUT2D eigenvalue weighted by Crippen LogP contribution is 2.36. The number of rotatable bonds is 8. The number of benzene rings is 1. The number of nitriles is 1. The lowest BCUT2D eigenvalue weighted by Crippen LogP contribution is -2.33. The van der Waals surface area contributed by atoms with Crippen LogP contribution in [-0.2, 0) is 4.79 Å². The molecule has 0 atom stereocenters. The number of anilines is 1. The molecule has 1 aliphatic rings. The molecule has 26 heavy (non-hydrogen) atoms. The summed E-state index contributed by atoms with van der Waals surface area (Å²) in [5, 5.41) is 15.9. The van der Waals surface area contributed by atoms with Gasteiger partial charge in [0.05, 0.1) is 31.0 Å². The van der Waals surface area contributed by atoms with E-state index in [1.165, 1.54) is 11.8 Å². The molecule has 0 unspecified atom stereocenters. The molecule has 1 N–H and O–H groups in total. The van der Waals surface area contributed by atoms with Crippen LogP contribution in [-0.4, -0.2) is 40.1 Å². The van der Waals surface area contributed by atoms with Crippen LogP contribution >= 0.6 is 11.8 Å². The molecule has 1 saturated carbocycles. The number of hydrogen-bond acceptors (Lipinski definition) is 6. The van der Waals surface area contributed by atoms with E-state index in [0.717, 1.165) is 12.8 Å². The lowest BCUT2D eigenvalue weighted by Gasteiger charge is -2.23. The Kier molecular flexibility index (Phi) is 5.63. The summed E-state index contributed by atoms with van der Waals surface area (Å²) in [6.07, 6.45) is 2.12. The van der Waals surface area contributed by atoms with Crippen molar-refractivity contribution in [1.82, 2.24) is 14.8 Å². The predicted octanol–water partition coefficient (Wildman–Crippen LogP) is 1.95. The number of aromatic nitrogens is 3. The van der Waals surface area contributed by atoms with Gasteiger partial charge in [0.15, 0.2) is 5.16 Å². The van der Waals surface area contributed by atoms with Crippen molar-refractivity contribution in [2.24, 2.45) is 0 Å². The molecule has 0 radical (unpaired) electrons. The minimum absolute atomic E-state index is 0.112. The van der Waals surface area contributed by atoms with Crippen molar-refractivity contribution in [1.29, 1.82) is 5.26 Å². The summed E-state index contributed by atoms with van der Waals surface area (Å²) in [7, 11) is 1.54. The van der Waals surface area contributed by atoms with Crippen LogP contribution in [0.15, 0.2) is 34.2 Å². The van der Waals surface area contributed by atoms with Gasteiger partial charge in [-0.2, -0.15) is 5.26 Å². The first-order chi connectivity index (χ1) is 12.7. The van der Waals surface area contributed by atoms with Crippen LogP contribution in [0.25, 0.3) is 0 Å². The SMILES string of the molecule is COc1ccccc1N(CCC#N)C(=O)CSc1n[nH]c(=O)n1C1CC1. The van der Waals surface area contributed by atoms with Crippen molar-refractivity contribution in [3.8, 4) is 11.8 Å². The van der Waals surface area contributed by atoms with E-state index in [1.807, 2.05) is 12.1 Å². The fourth-order valence-corrected chi connectivity index (χ4v) is 3.53. The number of aromatic amines is 1. The van der Waals surface area contributed by atoms with Crippen molar-refractivity contribution in [2.75, 3.05) is 24.3 Å². The lowest BCUT2D eigenvalue weighted by molar-refractivity contribution is -0.116. The number of H-pyrrole nitrogens is 1. The van der Waals surface area contributed by atoms with Gasteiger partial charge in [0, 0.05) is 12.6 Å². The Hall–Kier alpha value is -2.73. The van der Waals surface area contributed by atoms with Gasteiger partial charge in [-0.25, -0.2) is 9.89 Å². The van der Waals surface area contributed by atoms with E-state index in [1.54, 1.807) is 28.7 Å². The molecule has 1 aromatic carbocycles. The molecule has 136 valence electrons. The third kappa shape index (κ3) is 3.91. The molecule has 3 rings (SSSR count). The summed E-state index contributed by atoms with van der Waals surface area (Å²) >= 11 is 1.22. The smallest absolute Gasteiger partial charge is 0.344 e. The molecular formula is C17H19N5O3S. The van der Waals surface area contributed by atoms with Gasteiger partial charge in [0.1, 0.15) is 5.75 Å². The number of thioether (sulfide) groups is 1. The first kappa shape index (κ1) is 18.1. The van der Waals surface area contributed by atoms with Gasteiger partial charge in [0.25, 0.3) is 0 Å². The second kappa shape index (κ2) is 8.10. The highest BCUT2D eigenvalue weighted by molar-refractivity contribution is 7.99. The maximum Gasteiger partial charge on any atom is 0.344 e. The average molecular weight is 373 g/mol. The lowest BCUT2D eigenvalue weighted by atomic mass is 10.2. The highest BCUT2D eigenvalue weighted by Gasteiger charge is 2.29. The van der Waals surface area contributed by atoms with Gasteiger partial charge >= 0.3 is 5.69 Å². The second-order valence-corrected chi connectivity index (χ2v) is 6.77. The Morgan fingerprint density at radius 1 is 1.50 bits per heavy atom. The van der Waals surface area contributed by atoms with E-state index < -0.39 is 0 Å². The Morgan fingerprint density at radius 2 is 2.27 bits per heavy atom. The molecule has 1 amide bonds. The van der Waals surface area contributed by atoms with Gasteiger partial charge < -0.3 is 9.64 Å². The second-order valence-electron chi connectivity index (χ2n) is 5.83. The fourth-order valence-electron chi connectivity index (χ4n) is 2.65. The Morgan fingerprint density at radius 3 is 2.96 bits per heavy atom. The van der Waals surface area contributed by atoms with Crippen molar-refractivity contribution < 1.29 is 9.53 Å². The van der Waals surface area contributed by atoms with Crippen molar-refractivity contribution in [2.45, 2.75) is 30.5 Å². The Balaban J connectivity index is 1.76. The van der Waals surface area contributed by atoms with Crippen LogP contribution in [0.3, 0.4) is 0 Å². The zero-order chi connectivity index (χ0) is 18.5. The molecule has 2 aromatic rings. The van der Waals surface area contributed by atoms with Crippen LogP contribution < -0.4 is 15.3 Å². The minimum atomic E-state index is -0.242. The summed E-state index contributed by atoms with van der Waals surface area (Å²) in [5.41, 5.74) is 0.381. The molecule has 1 aliphatic carbocycles. The van der Waals surface area contributed by atoms with E-state index in [-0.39, 0.29) is 36.4 Å². The first-order valence-electron chi connectivity index (χ1n) is 8.25. The highest BCUT2D eigenvalue weighted by atomic mass is 32.2. The summed E-state index contributed by atoms with van der Waals surface area (Å²) in [6, 6.07) is 9.44. The molecule has 9 heteroatoms. The van der Waals surface area contributed by atoms with E-state index in [2.05, 4.69) is 16.3 Å². The molecule has 0 spiro atoms. The maximum absolute atomic E-state index is 12.8. The number of amides is 1. The topological polar surface area (TPSA) is 104 Å². The zero-order valence-corrected chi connectivity index (χ0v) is 15.2. The summed E-state index contributed by atoms with van der Waals surface area (Å²) < 4.78 is 6.95. The van der Waals surface area contributed by atoms with E-state index in [0.29, 0.717) is 16.6 Å². The van der Waals surface area contributed by atoms with E-state index in [9.17, 15) is 9.59 Å². The van der Waals surface area contributed by atoms with Crippen LogP contribution in [0.2, 0.25) is 0 Å². The number of methoxy groups -OCH3 is 1. The molecular weight excluding hydrogens is 354 g/mol. The summed E-state index contributed by atoms with van der Waals surface area (Å²) in [5.74, 6) is 0.506. The van der Waals surface area contributed by atoms with Crippen LogP contribution in [0.5, 0.6) is 5.75 Å². The van der Waals surface area contributed by atoms with Crippen molar-refractivity contribution in [3.05, 3.63) is 34.7 Å². The normalized spacial score (nSPS) is 13.2. The van der Waals surface area contributed by atoms with Crippen LogP contribution in [0.4, 0.5) is 5.69 Å². The average Bonchev–Trinajstić information content (AvgIpc) is 3.43. The van der Waals surface area contributed by atoms with Gasteiger partial charge in [0.2, 0.25) is 5.91 Å². The number of nitrogens with zero attached hydrogens (tertiary/aromatic N) is 4. The van der Waals surface area contributed by atoms with E-state index in [4.69, 9.17) is 10.00 Å². The predicted molar refractivity (Wildman–Crippen MR) is 97.4 cm³/mol. The van der Waals surface area contributed by atoms with Gasteiger partial charge in [-0.15, -0.1) is 5.10 Å². The number of nitrogens with one attached hydrogen (secondary N) is 1. The fraction of sp³-hybridized carbons (Fsp3) is 0.412. The standard InChI is InChI=1S/C17H19N5O3S/c1-25-14-6-3-2-5-13(14)21(10-4-9-18)15(23)11-26-17-20-19-16(24)22(17)12-7-8-12/h2-3,5-6,12H,4,7-8,10-11H2,1H3,(H,19,24). The minimum Gasteiger partial charge on any atom is -0.495 e. The Bertz CT molecular complexity index is 881. The molecule has 1 aromatic heterocycles. The first-order valence-corrected chi connectivity index (χ1v) is 9.24. The zero-order valence-electron chi connectivity index (χ0n) is 14.3. The van der Waals surface area contributed by atoms with Crippen LogP contribution in [0.1, 0.15) is 25.3 Å². The number of ether oxygens (including phenoxy) is 1. The molecule has 0 bridgehead atoms. The van der Waals surface area contributed by atoms with Crippen molar-refractivity contribution in [3.63, 3.8) is 0 Å². The largest absolute Gasteiger partial charge is 0.495 e. The van der Waals surface area contributed by atoms with Crippen molar-refractivity contribution >= 4 is 23.4 Å². The molecule has 8 nitrogen and oxygen atoms in total. The number of carbonyl (C=O) groups is 1. The molecule has 1 heterocycles. The molecule has 1 fully saturated rings. The Labute approximate surface area is 154 Å². The molecule has 0 saturated heterocycles. The quantitative estimate of drug-likeness (QED) is 0.709. The molecule has 0 aliphatic heterocycles.